The summed E-state index contributed by atoms with van der Waals surface area (Å²) >= 11 is 10.8. The molecular weight excluding hydrogens is 642 g/mol. The molecule has 4 rings (SSSR count). The van der Waals surface area contributed by atoms with Crippen LogP contribution in [0.4, 0.5) is 0 Å². The number of phenolic OH excluding ortho intramolecular Hbond substituents is 1. The van der Waals surface area contributed by atoms with Gasteiger partial charge in [-0.3, -0.25) is 0 Å². The predicted octanol–water partition coefficient (Wildman–Crippen LogP) is 9.19. The van der Waals surface area contributed by atoms with Crippen molar-refractivity contribution in [2.45, 2.75) is 75.0 Å². The van der Waals surface area contributed by atoms with Crippen LogP contribution in [-0.4, -0.2) is 14.0 Å². The largest absolute Gasteiger partial charge is 0.507 e. The zero-order valence-electron chi connectivity index (χ0n) is 16.6. The highest BCUT2D eigenvalue weighted by atomic mass is 127. The molecule has 0 radical (unpaired) electrons. The molecule has 0 atom stereocenters. The smallest absolute Gasteiger partial charge is 0.123 e. The fourth-order valence-corrected chi connectivity index (χ4v) is 10.1. The molecule has 2 saturated carbocycles. The van der Waals surface area contributed by atoms with Gasteiger partial charge in [0.25, 0.3) is 0 Å². The van der Waals surface area contributed by atoms with Crippen LogP contribution in [0.5, 0.6) is 5.75 Å². The lowest BCUT2D eigenvalue weighted by Gasteiger charge is -2.41. The number of phenols is 1. The maximum atomic E-state index is 11.7. The lowest BCUT2D eigenvalue weighted by Crippen LogP contribution is -2.34. The van der Waals surface area contributed by atoms with E-state index in [9.17, 15) is 5.11 Å². The van der Waals surface area contributed by atoms with E-state index in [2.05, 4.69) is 62.7 Å². The van der Waals surface area contributed by atoms with Gasteiger partial charge in [0.2, 0.25) is 0 Å². The number of rotatable bonds is 5. The minimum Gasteiger partial charge on any atom is -0.507 e. The Morgan fingerprint density at radius 2 is 1.34 bits per heavy atom. The highest BCUT2D eigenvalue weighted by molar-refractivity contribution is 14.1. The van der Waals surface area contributed by atoms with Crippen LogP contribution in [0.15, 0.2) is 17.5 Å². The zero-order valence-corrected chi connectivity index (χ0v) is 23.4. The molecule has 29 heavy (non-hydrogen) atoms. The van der Waals surface area contributed by atoms with Crippen molar-refractivity contribution in [1.29, 1.82) is 0 Å². The highest BCUT2D eigenvalue weighted by Crippen LogP contribution is 2.52. The van der Waals surface area contributed by atoms with E-state index in [1.54, 1.807) is 20.7 Å². The topological polar surface area (TPSA) is 20.2 Å². The average Bonchev–Trinajstić information content (AvgIpc) is 3.20. The van der Waals surface area contributed by atoms with Gasteiger partial charge in [-0.25, -0.2) is 0 Å². The van der Waals surface area contributed by atoms with Gasteiger partial charge in [-0.1, -0.05) is 117 Å². The molecule has 0 unspecified atom stereocenters. The Hall–Kier alpha value is 0.750. The van der Waals surface area contributed by atoms with E-state index in [-0.39, 0.29) is 10.8 Å². The Kier molecular flexibility index (Phi) is 7.68. The van der Waals surface area contributed by atoms with Crippen LogP contribution in [0.1, 0.15) is 75.3 Å². The predicted molar refractivity (Wildman–Crippen MR) is 147 cm³/mol. The molecule has 2 aliphatic carbocycles. The second kappa shape index (κ2) is 9.71. The van der Waals surface area contributed by atoms with E-state index in [0.717, 1.165) is 12.7 Å². The minimum absolute atomic E-state index is 0.107. The van der Waals surface area contributed by atoms with Crippen molar-refractivity contribution in [3.05, 3.63) is 32.5 Å². The second-order valence-electron chi connectivity index (χ2n) is 8.87. The summed E-state index contributed by atoms with van der Waals surface area (Å²) in [6.45, 7) is 0. The Labute approximate surface area is 214 Å². The van der Waals surface area contributed by atoms with Crippen molar-refractivity contribution in [3.8, 4) is 16.9 Å². The molecule has 2 fully saturated rings. The molecule has 1 N–H and O–H groups in total. The third-order valence-electron chi connectivity index (χ3n) is 7.21. The van der Waals surface area contributed by atoms with E-state index < -0.39 is 0 Å². The zero-order chi connectivity index (χ0) is 20.5. The maximum absolute atomic E-state index is 11.7. The summed E-state index contributed by atoms with van der Waals surface area (Å²) < 4.78 is 3.13. The van der Waals surface area contributed by atoms with Crippen molar-refractivity contribution in [1.82, 2.24) is 0 Å². The van der Waals surface area contributed by atoms with Crippen LogP contribution in [0.25, 0.3) is 11.1 Å². The molecule has 2 aromatic rings. The monoisotopic (exact) mass is 670 g/mol. The van der Waals surface area contributed by atoms with Crippen molar-refractivity contribution in [2.24, 2.45) is 0 Å². The molecule has 0 bridgehead atoms. The summed E-state index contributed by atoms with van der Waals surface area (Å²) in [5.41, 5.74) is 5.06. The molecule has 0 saturated heterocycles. The third-order valence-corrected chi connectivity index (χ3v) is 12.8. The first kappa shape index (κ1) is 22.9. The molecule has 0 amide bonds. The summed E-state index contributed by atoms with van der Waals surface area (Å²) in [6.07, 6.45) is 12.5. The van der Waals surface area contributed by atoms with Crippen LogP contribution in [0.3, 0.4) is 0 Å². The van der Waals surface area contributed by atoms with Gasteiger partial charge >= 0.3 is 0 Å². The minimum atomic E-state index is 0.107. The van der Waals surface area contributed by atoms with Gasteiger partial charge in [0, 0.05) is 41.8 Å². The van der Waals surface area contributed by atoms with Gasteiger partial charge in [-0.15, -0.1) is 0 Å². The lowest BCUT2D eigenvalue weighted by molar-refractivity contribution is 0.299. The summed E-state index contributed by atoms with van der Waals surface area (Å²) in [5.74, 6) is 0.607. The average molecular weight is 670 g/mol. The Bertz CT molecular complexity index is 858. The van der Waals surface area contributed by atoms with E-state index in [0.29, 0.717) is 5.75 Å². The normalized spacial score (nSPS) is 21.2. The van der Waals surface area contributed by atoms with E-state index >= 15 is 0 Å². The second-order valence-corrected chi connectivity index (χ2v) is 13.1. The number of hydrogen-bond donors (Lipinski definition) is 1. The first-order valence-corrected chi connectivity index (χ1v) is 16.3. The number of aromatic hydroxyl groups is 1. The molecular formula is C23H28I2OS3. The SMILES string of the molecule is Oc1c(C2(CI)CCCCC2)cc(-c2cssc2=S)cc1C1(CI)CCCCC1. The van der Waals surface area contributed by atoms with Gasteiger partial charge in [-0.05, 0) is 43.4 Å². The molecule has 0 spiro atoms. The molecule has 1 nitrogen and oxygen atoms in total. The fraction of sp³-hybridized carbons (Fsp3) is 0.609. The summed E-state index contributed by atoms with van der Waals surface area (Å²) in [4.78, 5) is 0. The molecule has 1 aromatic carbocycles. The Balaban J connectivity index is 1.95. The molecule has 158 valence electrons. The number of halogens is 2. The molecule has 6 heteroatoms. The van der Waals surface area contributed by atoms with Gasteiger partial charge < -0.3 is 5.11 Å². The Morgan fingerprint density at radius 3 is 1.72 bits per heavy atom. The van der Waals surface area contributed by atoms with Crippen LogP contribution in [0, 0.1) is 3.82 Å². The van der Waals surface area contributed by atoms with Gasteiger partial charge in [0.15, 0.2) is 0 Å². The summed E-state index contributed by atoms with van der Waals surface area (Å²) in [5, 5.41) is 14.0. The summed E-state index contributed by atoms with van der Waals surface area (Å²) in [6, 6.07) is 4.61. The van der Waals surface area contributed by atoms with Crippen LogP contribution < -0.4 is 0 Å². The van der Waals surface area contributed by atoms with E-state index in [4.69, 9.17) is 12.2 Å². The van der Waals surface area contributed by atoms with Crippen LogP contribution in [0.2, 0.25) is 0 Å². The standard InChI is InChI=1S/C23H28I2OS3/c24-14-22(7-3-1-4-8-22)18-11-16(17-13-28-29-21(17)27)12-19(20(18)26)23(15-25)9-5-2-6-10-23/h11-13,26H,1-10,14-15H2. The fourth-order valence-electron chi connectivity index (χ4n) is 5.40. The quantitative estimate of drug-likeness (QED) is 0.148. The Morgan fingerprint density at radius 1 is 0.862 bits per heavy atom. The molecule has 1 heterocycles. The highest BCUT2D eigenvalue weighted by Gasteiger charge is 2.41. The maximum Gasteiger partial charge on any atom is 0.123 e. The molecule has 1 aromatic heterocycles. The van der Waals surface area contributed by atoms with Crippen molar-refractivity contribution >= 4 is 78.1 Å². The lowest BCUT2D eigenvalue weighted by atomic mass is 9.66. The number of alkyl halides is 2. The van der Waals surface area contributed by atoms with Crippen molar-refractivity contribution in [3.63, 3.8) is 0 Å². The van der Waals surface area contributed by atoms with E-state index in [1.807, 2.05) is 0 Å². The van der Waals surface area contributed by atoms with E-state index in [1.165, 1.54) is 86.5 Å². The van der Waals surface area contributed by atoms with Crippen LogP contribution >= 0.6 is 78.1 Å². The first-order chi connectivity index (χ1) is 14.1. The van der Waals surface area contributed by atoms with Gasteiger partial charge in [-0.2, -0.15) is 0 Å². The van der Waals surface area contributed by atoms with Crippen molar-refractivity contribution < 1.29 is 5.11 Å². The number of hydrogen-bond acceptors (Lipinski definition) is 4. The molecule has 2 aliphatic rings. The number of benzene rings is 1. The third kappa shape index (κ3) is 4.35. The molecule has 0 aliphatic heterocycles. The first-order valence-electron chi connectivity index (χ1n) is 10.6. The van der Waals surface area contributed by atoms with Crippen LogP contribution in [-0.2, 0) is 10.8 Å². The summed E-state index contributed by atoms with van der Waals surface area (Å²) in [7, 11) is 3.42. The van der Waals surface area contributed by atoms with Gasteiger partial charge in [0.1, 0.15) is 9.57 Å². The van der Waals surface area contributed by atoms with Gasteiger partial charge in [0.05, 0.1) is 0 Å². The van der Waals surface area contributed by atoms with Crippen molar-refractivity contribution in [2.75, 3.05) is 8.86 Å².